The molecule has 7 heteroatoms. The van der Waals surface area contributed by atoms with Gasteiger partial charge in [-0.05, 0) is 26.0 Å². The van der Waals surface area contributed by atoms with Crippen LogP contribution in [0.4, 0.5) is 0 Å². The average molecular weight is 264 g/mol. The Morgan fingerprint density at radius 2 is 2.37 bits per heavy atom. The first-order chi connectivity index (χ1) is 9.06. The zero-order chi connectivity index (χ0) is 13.8. The van der Waals surface area contributed by atoms with Crippen molar-refractivity contribution in [2.45, 2.75) is 32.5 Å². The van der Waals surface area contributed by atoms with E-state index in [1.54, 1.807) is 31.5 Å². The van der Waals surface area contributed by atoms with Gasteiger partial charge >= 0.3 is 0 Å². The molecule has 2 unspecified atom stereocenters. The lowest BCUT2D eigenvalue weighted by atomic mass is 10.2. The van der Waals surface area contributed by atoms with Crippen molar-refractivity contribution in [2.75, 3.05) is 0 Å². The maximum Gasteiger partial charge on any atom is 0.242 e. The predicted molar refractivity (Wildman–Crippen MR) is 65.9 cm³/mol. The van der Waals surface area contributed by atoms with Gasteiger partial charge < -0.3 is 14.8 Å². The molecule has 0 aromatic carbocycles. The van der Waals surface area contributed by atoms with E-state index in [0.29, 0.717) is 11.5 Å². The molecule has 2 aromatic rings. The molecule has 2 aromatic heterocycles. The van der Waals surface area contributed by atoms with Gasteiger partial charge in [0, 0.05) is 0 Å². The highest BCUT2D eigenvalue weighted by molar-refractivity contribution is 5.76. The van der Waals surface area contributed by atoms with Gasteiger partial charge in [0.05, 0.1) is 24.6 Å². The highest BCUT2D eigenvalue weighted by Gasteiger charge is 2.13. The third kappa shape index (κ3) is 3.41. The van der Waals surface area contributed by atoms with Crippen LogP contribution in [0.1, 0.15) is 37.4 Å². The lowest BCUT2D eigenvalue weighted by molar-refractivity contribution is -0.122. The second kappa shape index (κ2) is 5.66. The van der Waals surface area contributed by atoms with Crippen LogP contribution in [0.5, 0.6) is 0 Å². The van der Waals surface area contributed by atoms with Crippen molar-refractivity contribution >= 4 is 5.91 Å². The van der Waals surface area contributed by atoms with Crippen molar-refractivity contribution in [3.63, 3.8) is 0 Å². The van der Waals surface area contributed by atoms with E-state index in [4.69, 9.17) is 4.42 Å². The fourth-order valence-corrected chi connectivity index (χ4v) is 1.63. The van der Waals surface area contributed by atoms with Gasteiger partial charge in [-0.15, -0.1) is 5.10 Å². The largest absolute Gasteiger partial charge is 0.467 e. The average Bonchev–Trinajstić information content (AvgIpc) is 2.98. The Morgan fingerprint density at radius 1 is 1.58 bits per heavy atom. The van der Waals surface area contributed by atoms with Gasteiger partial charge in [0.2, 0.25) is 5.91 Å². The van der Waals surface area contributed by atoms with Crippen LogP contribution in [0.25, 0.3) is 0 Å². The van der Waals surface area contributed by atoms with Crippen molar-refractivity contribution < 1.29 is 14.3 Å². The number of carbonyl (C=O) groups excluding carboxylic acids is 1. The Hall–Kier alpha value is -2.15. The van der Waals surface area contributed by atoms with Gasteiger partial charge in [0.1, 0.15) is 18.0 Å². The van der Waals surface area contributed by atoms with E-state index < -0.39 is 6.10 Å². The molecule has 0 saturated carbocycles. The minimum atomic E-state index is -0.696. The fourth-order valence-electron chi connectivity index (χ4n) is 1.63. The molecule has 2 N–H and O–H groups in total. The summed E-state index contributed by atoms with van der Waals surface area (Å²) in [5.74, 6) is 0.488. The Labute approximate surface area is 110 Å². The third-order valence-corrected chi connectivity index (χ3v) is 2.64. The molecule has 2 heterocycles. The second-order valence-corrected chi connectivity index (χ2v) is 4.32. The number of nitrogens with zero attached hydrogens (tertiary/aromatic N) is 3. The predicted octanol–water partition coefficient (Wildman–Crippen LogP) is 0.802. The Kier molecular flexibility index (Phi) is 3.96. The van der Waals surface area contributed by atoms with E-state index in [0.717, 1.165) is 0 Å². The lowest BCUT2D eigenvalue weighted by Crippen LogP contribution is -2.30. The minimum absolute atomic E-state index is 0.0464. The van der Waals surface area contributed by atoms with Crippen LogP contribution in [0.15, 0.2) is 29.0 Å². The maximum atomic E-state index is 11.8. The van der Waals surface area contributed by atoms with Crippen molar-refractivity contribution in [1.29, 1.82) is 0 Å². The fraction of sp³-hybridized carbons (Fsp3) is 0.417. The normalized spacial score (nSPS) is 14.1. The molecule has 0 fully saturated rings. The van der Waals surface area contributed by atoms with Crippen LogP contribution in [-0.4, -0.2) is 26.0 Å². The number of aliphatic hydroxyl groups excluding tert-OH is 1. The molecule has 2 rings (SSSR count). The monoisotopic (exact) mass is 264 g/mol. The van der Waals surface area contributed by atoms with E-state index in [9.17, 15) is 9.90 Å². The standard InChI is InChI=1S/C12H16N4O3/c1-8(11-4-3-5-19-11)13-12(18)7-16-6-10(9(2)17)14-15-16/h3-6,8-9,17H,7H2,1-2H3,(H,13,18). The molecular weight excluding hydrogens is 248 g/mol. The van der Waals surface area contributed by atoms with E-state index in [1.807, 2.05) is 6.92 Å². The maximum absolute atomic E-state index is 11.8. The Balaban J connectivity index is 1.90. The number of carbonyl (C=O) groups is 1. The van der Waals surface area contributed by atoms with Crippen molar-refractivity contribution in [3.8, 4) is 0 Å². The van der Waals surface area contributed by atoms with Crippen LogP contribution in [0, 0.1) is 0 Å². The Bertz CT molecular complexity index is 533. The summed E-state index contributed by atoms with van der Waals surface area (Å²) in [6.07, 6.45) is 2.41. The number of aliphatic hydroxyl groups is 1. The summed E-state index contributed by atoms with van der Waals surface area (Å²) in [5, 5.41) is 19.6. The van der Waals surface area contributed by atoms with Gasteiger partial charge in [-0.2, -0.15) is 0 Å². The van der Waals surface area contributed by atoms with E-state index >= 15 is 0 Å². The molecule has 2 atom stereocenters. The topological polar surface area (TPSA) is 93.2 Å². The highest BCUT2D eigenvalue weighted by Crippen LogP contribution is 2.12. The molecule has 0 radical (unpaired) electrons. The van der Waals surface area contributed by atoms with E-state index in [1.165, 1.54) is 4.68 Å². The van der Waals surface area contributed by atoms with Crippen molar-refractivity contribution in [1.82, 2.24) is 20.3 Å². The summed E-state index contributed by atoms with van der Waals surface area (Å²) >= 11 is 0. The third-order valence-electron chi connectivity index (χ3n) is 2.64. The Morgan fingerprint density at radius 3 is 2.95 bits per heavy atom. The van der Waals surface area contributed by atoms with Crippen LogP contribution >= 0.6 is 0 Å². The number of amides is 1. The van der Waals surface area contributed by atoms with Gasteiger partial charge in [-0.3, -0.25) is 4.79 Å². The molecule has 7 nitrogen and oxygen atoms in total. The zero-order valence-electron chi connectivity index (χ0n) is 10.8. The van der Waals surface area contributed by atoms with Gasteiger partial charge in [-0.1, -0.05) is 5.21 Å². The van der Waals surface area contributed by atoms with Crippen LogP contribution in [0.2, 0.25) is 0 Å². The summed E-state index contributed by atoms with van der Waals surface area (Å²) in [6, 6.07) is 3.36. The summed E-state index contributed by atoms with van der Waals surface area (Å²) < 4.78 is 6.58. The first-order valence-corrected chi connectivity index (χ1v) is 5.97. The number of hydrogen-bond acceptors (Lipinski definition) is 5. The molecule has 0 saturated heterocycles. The van der Waals surface area contributed by atoms with Crippen LogP contribution in [0.3, 0.4) is 0 Å². The number of nitrogens with one attached hydrogen (secondary N) is 1. The van der Waals surface area contributed by atoms with Gasteiger partial charge in [0.15, 0.2) is 0 Å². The smallest absolute Gasteiger partial charge is 0.242 e. The molecule has 0 spiro atoms. The number of aromatic nitrogens is 3. The summed E-state index contributed by atoms with van der Waals surface area (Å²) in [4.78, 5) is 11.8. The number of rotatable bonds is 5. The first kappa shape index (κ1) is 13.3. The van der Waals surface area contributed by atoms with Crippen molar-refractivity contribution in [3.05, 3.63) is 36.0 Å². The number of hydrogen-bond donors (Lipinski definition) is 2. The lowest BCUT2D eigenvalue weighted by Gasteiger charge is -2.10. The van der Waals surface area contributed by atoms with Gasteiger partial charge in [0.25, 0.3) is 0 Å². The van der Waals surface area contributed by atoms with Gasteiger partial charge in [-0.25, -0.2) is 4.68 Å². The van der Waals surface area contributed by atoms with Crippen molar-refractivity contribution in [2.24, 2.45) is 0 Å². The minimum Gasteiger partial charge on any atom is -0.467 e. The summed E-state index contributed by atoms with van der Waals surface area (Å²) in [6.45, 7) is 3.47. The zero-order valence-corrected chi connectivity index (χ0v) is 10.8. The summed E-state index contributed by atoms with van der Waals surface area (Å²) in [5.41, 5.74) is 0.437. The first-order valence-electron chi connectivity index (χ1n) is 5.97. The van der Waals surface area contributed by atoms with E-state index in [2.05, 4.69) is 15.6 Å². The molecule has 0 aliphatic rings. The highest BCUT2D eigenvalue weighted by atomic mass is 16.3. The van der Waals surface area contributed by atoms with E-state index in [-0.39, 0.29) is 18.5 Å². The quantitative estimate of drug-likeness (QED) is 0.833. The molecule has 1 amide bonds. The molecule has 19 heavy (non-hydrogen) atoms. The van der Waals surface area contributed by atoms with Crippen LogP contribution < -0.4 is 5.32 Å². The summed E-state index contributed by atoms with van der Waals surface area (Å²) in [7, 11) is 0. The molecule has 102 valence electrons. The molecule has 0 aliphatic carbocycles. The second-order valence-electron chi connectivity index (χ2n) is 4.32. The number of furan rings is 1. The molecule has 0 bridgehead atoms. The molecular formula is C12H16N4O3. The SMILES string of the molecule is CC(O)c1cn(CC(=O)NC(C)c2ccco2)nn1. The van der Waals surface area contributed by atoms with Crippen LogP contribution in [-0.2, 0) is 11.3 Å². The molecule has 0 aliphatic heterocycles.